The van der Waals surface area contributed by atoms with E-state index in [0.29, 0.717) is 25.7 Å². The summed E-state index contributed by atoms with van der Waals surface area (Å²) in [6.45, 7) is 12.0. The van der Waals surface area contributed by atoms with Crippen molar-refractivity contribution in [2.75, 3.05) is 46.0 Å². The molecule has 25 heavy (non-hydrogen) atoms. The first-order valence-electron chi connectivity index (χ1n) is 8.34. The molecule has 0 amide bonds. The lowest BCUT2D eigenvalue weighted by Crippen LogP contribution is -2.38. The molecule has 140 valence electrons. The van der Waals surface area contributed by atoms with Gasteiger partial charge in [-0.3, -0.25) is 4.90 Å². The van der Waals surface area contributed by atoms with E-state index in [0.717, 1.165) is 49.7 Å². The Balaban J connectivity index is 0.00000312. The van der Waals surface area contributed by atoms with Gasteiger partial charge in [0.05, 0.1) is 19.8 Å². The van der Waals surface area contributed by atoms with Crippen LogP contribution in [0.15, 0.2) is 41.4 Å². The Hall–Kier alpha value is -1.32. The number of aliphatic imine (C=N–C) groups is 1. The van der Waals surface area contributed by atoms with Crippen molar-refractivity contribution >= 4 is 29.9 Å². The monoisotopic (exact) mass is 460 g/mol. The van der Waals surface area contributed by atoms with E-state index in [9.17, 15) is 0 Å². The van der Waals surface area contributed by atoms with E-state index >= 15 is 0 Å². The van der Waals surface area contributed by atoms with Crippen LogP contribution in [0.3, 0.4) is 0 Å². The fourth-order valence-electron chi connectivity index (χ4n) is 2.35. The SMILES string of the molecule is C=C(C)CNC(N)=NCc1ccccc1OCCN1CCOCC1.I. The zero-order valence-corrected chi connectivity index (χ0v) is 17.2. The summed E-state index contributed by atoms with van der Waals surface area (Å²) < 4.78 is 11.3. The van der Waals surface area contributed by atoms with Crippen molar-refractivity contribution in [3.8, 4) is 5.75 Å². The number of benzene rings is 1. The molecular formula is C18H29IN4O2. The molecule has 0 aliphatic carbocycles. The van der Waals surface area contributed by atoms with Crippen LogP contribution in [0.1, 0.15) is 12.5 Å². The van der Waals surface area contributed by atoms with Gasteiger partial charge in [0.15, 0.2) is 5.96 Å². The third-order valence-corrected chi connectivity index (χ3v) is 3.73. The van der Waals surface area contributed by atoms with Crippen molar-refractivity contribution in [2.45, 2.75) is 13.5 Å². The summed E-state index contributed by atoms with van der Waals surface area (Å²) in [5, 5.41) is 3.03. The number of nitrogens with two attached hydrogens (primary N) is 1. The maximum Gasteiger partial charge on any atom is 0.189 e. The summed E-state index contributed by atoms with van der Waals surface area (Å²) in [4.78, 5) is 6.71. The lowest BCUT2D eigenvalue weighted by Gasteiger charge is -2.26. The second-order valence-corrected chi connectivity index (χ2v) is 5.92. The van der Waals surface area contributed by atoms with Crippen LogP contribution in [-0.4, -0.2) is 56.9 Å². The fraction of sp³-hybridized carbons (Fsp3) is 0.500. The van der Waals surface area contributed by atoms with Gasteiger partial charge >= 0.3 is 0 Å². The van der Waals surface area contributed by atoms with Gasteiger partial charge in [0.25, 0.3) is 0 Å². The highest BCUT2D eigenvalue weighted by Gasteiger charge is 2.10. The standard InChI is InChI=1S/C18H28N4O2.HI/c1-15(2)13-20-18(19)21-14-16-5-3-4-6-17(16)24-12-9-22-7-10-23-11-8-22;/h3-6H,1,7-14H2,2H3,(H3,19,20,21);1H. The normalized spacial score (nSPS) is 15.3. The topological polar surface area (TPSA) is 72.1 Å². The van der Waals surface area contributed by atoms with E-state index < -0.39 is 0 Å². The number of ether oxygens (including phenoxy) is 2. The summed E-state index contributed by atoms with van der Waals surface area (Å²) in [7, 11) is 0. The second kappa shape index (κ2) is 12.1. The third kappa shape index (κ3) is 8.55. The molecular weight excluding hydrogens is 431 g/mol. The first-order chi connectivity index (χ1) is 11.6. The minimum Gasteiger partial charge on any atom is -0.492 e. The molecule has 0 aromatic heterocycles. The van der Waals surface area contributed by atoms with Crippen LogP contribution in [0.4, 0.5) is 0 Å². The van der Waals surface area contributed by atoms with Crippen LogP contribution >= 0.6 is 24.0 Å². The van der Waals surface area contributed by atoms with Crippen molar-refractivity contribution < 1.29 is 9.47 Å². The van der Waals surface area contributed by atoms with Crippen molar-refractivity contribution in [1.82, 2.24) is 10.2 Å². The van der Waals surface area contributed by atoms with Gasteiger partial charge in [0.1, 0.15) is 12.4 Å². The number of hydrogen-bond donors (Lipinski definition) is 2. The van der Waals surface area contributed by atoms with Gasteiger partial charge in [-0.05, 0) is 13.0 Å². The number of morpholine rings is 1. The van der Waals surface area contributed by atoms with Gasteiger partial charge < -0.3 is 20.5 Å². The molecule has 0 saturated carbocycles. The maximum atomic E-state index is 5.94. The van der Waals surface area contributed by atoms with E-state index in [2.05, 4.69) is 21.8 Å². The molecule has 0 atom stereocenters. The Labute approximate surface area is 167 Å². The highest BCUT2D eigenvalue weighted by Crippen LogP contribution is 2.18. The number of guanidine groups is 1. The molecule has 1 aromatic rings. The molecule has 0 bridgehead atoms. The highest BCUT2D eigenvalue weighted by molar-refractivity contribution is 14.0. The lowest BCUT2D eigenvalue weighted by atomic mass is 10.2. The van der Waals surface area contributed by atoms with Gasteiger partial charge in [-0.15, -0.1) is 24.0 Å². The van der Waals surface area contributed by atoms with E-state index in [1.807, 2.05) is 31.2 Å². The summed E-state index contributed by atoms with van der Waals surface area (Å²) in [6.07, 6.45) is 0. The molecule has 2 rings (SSSR count). The van der Waals surface area contributed by atoms with Gasteiger partial charge in [0, 0.05) is 31.7 Å². The Bertz CT molecular complexity index is 560. The second-order valence-electron chi connectivity index (χ2n) is 5.92. The highest BCUT2D eigenvalue weighted by atomic mass is 127. The van der Waals surface area contributed by atoms with Crippen LogP contribution in [0, 0.1) is 0 Å². The summed E-state index contributed by atoms with van der Waals surface area (Å²) in [6, 6.07) is 7.94. The van der Waals surface area contributed by atoms with Crippen molar-refractivity contribution in [1.29, 1.82) is 0 Å². The zero-order valence-electron chi connectivity index (χ0n) is 14.9. The van der Waals surface area contributed by atoms with Crippen LogP contribution < -0.4 is 15.8 Å². The molecule has 1 heterocycles. The number of hydrogen-bond acceptors (Lipinski definition) is 4. The fourth-order valence-corrected chi connectivity index (χ4v) is 2.35. The van der Waals surface area contributed by atoms with Crippen molar-refractivity contribution in [2.24, 2.45) is 10.7 Å². The third-order valence-electron chi connectivity index (χ3n) is 3.73. The van der Waals surface area contributed by atoms with Crippen LogP contribution in [0.5, 0.6) is 5.75 Å². The van der Waals surface area contributed by atoms with Gasteiger partial charge in [-0.2, -0.15) is 0 Å². The Morgan fingerprint density at radius 2 is 2.08 bits per heavy atom. The molecule has 6 nitrogen and oxygen atoms in total. The zero-order chi connectivity index (χ0) is 17.2. The van der Waals surface area contributed by atoms with Crippen LogP contribution in [-0.2, 0) is 11.3 Å². The first kappa shape index (κ1) is 21.7. The summed E-state index contributed by atoms with van der Waals surface area (Å²) in [5.41, 5.74) is 7.90. The number of rotatable bonds is 8. The minimum atomic E-state index is 0. The molecule has 0 radical (unpaired) electrons. The molecule has 0 spiro atoms. The van der Waals surface area contributed by atoms with Crippen molar-refractivity contribution in [3.05, 3.63) is 42.0 Å². The average molecular weight is 460 g/mol. The summed E-state index contributed by atoms with van der Waals surface area (Å²) >= 11 is 0. The first-order valence-corrected chi connectivity index (χ1v) is 8.34. The molecule has 1 fully saturated rings. The Kier molecular flexibility index (Phi) is 10.5. The molecule has 7 heteroatoms. The van der Waals surface area contributed by atoms with E-state index in [1.54, 1.807) is 0 Å². The number of nitrogens with one attached hydrogen (secondary N) is 1. The molecule has 1 aliphatic heterocycles. The lowest BCUT2D eigenvalue weighted by molar-refractivity contribution is 0.0322. The quantitative estimate of drug-likeness (QED) is 0.269. The number of nitrogens with zero attached hydrogens (tertiary/aromatic N) is 2. The van der Waals surface area contributed by atoms with E-state index in [-0.39, 0.29) is 24.0 Å². The van der Waals surface area contributed by atoms with Gasteiger partial charge in [-0.1, -0.05) is 30.4 Å². The average Bonchev–Trinajstić information content (AvgIpc) is 2.60. The largest absolute Gasteiger partial charge is 0.492 e. The molecule has 3 N–H and O–H groups in total. The Morgan fingerprint density at radius 1 is 1.36 bits per heavy atom. The summed E-state index contributed by atoms with van der Waals surface area (Å²) in [5.74, 6) is 1.28. The minimum absolute atomic E-state index is 0. The molecule has 0 unspecified atom stereocenters. The van der Waals surface area contributed by atoms with Crippen LogP contribution in [0.25, 0.3) is 0 Å². The van der Waals surface area contributed by atoms with Crippen LogP contribution in [0.2, 0.25) is 0 Å². The van der Waals surface area contributed by atoms with E-state index in [1.165, 1.54) is 0 Å². The molecule has 1 saturated heterocycles. The predicted octanol–water partition coefficient (Wildman–Crippen LogP) is 2.00. The smallest absolute Gasteiger partial charge is 0.189 e. The van der Waals surface area contributed by atoms with Gasteiger partial charge in [-0.25, -0.2) is 4.99 Å². The molecule has 1 aromatic carbocycles. The van der Waals surface area contributed by atoms with E-state index in [4.69, 9.17) is 15.2 Å². The van der Waals surface area contributed by atoms with Crippen molar-refractivity contribution in [3.63, 3.8) is 0 Å². The number of para-hydroxylation sites is 1. The maximum absolute atomic E-state index is 5.94. The predicted molar refractivity (Wildman–Crippen MR) is 113 cm³/mol. The molecule has 1 aliphatic rings. The number of halogens is 1. The van der Waals surface area contributed by atoms with Gasteiger partial charge in [0.2, 0.25) is 0 Å². The Morgan fingerprint density at radius 3 is 2.80 bits per heavy atom.